The molecule has 6 nitrogen and oxygen atoms in total. The van der Waals surface area contributed by atoms with Gasteiger partial charge in [-0.15, -0.1) is 0 Å². The zero-order valence-electron chi connectivity index (χ0n) is 11.9. The van der Waals surface area contributed by atoms with Crippen molar-refractivity contribution >= 4 is 17.0 Å². The summed E-state index contributed by atoms with van der Waals surface area (Å²) in [5.41, 5.74) is 1.36. The average molecular weight is 284 g/mol. The fourth-order valence-electron chi connectivity index (χ4n) is 2.58. The van der Waals surface area contributed by atoms with E-state index in [1.165, 1.54) is 0 Å². The first-order valence-electron chi connectivity index (χ1n) is 6.64. The minimum Gasteiger partial charge on any atom is -0.479 e. The second-order valence-electron chi connectivity index (χ2n) is 5.38. The molecule has 108 valence electrons. The van der Waals surface area contributed by atoms with Crippen molar-refractivity contribution in [3.8, 4) is 0 Å². The molecule has 0 bridgehead atoms. The highest BCUT2D eigenvalue weighted by atomic mass is 16.4. The van der Waals surface area contributed by atoms with Gasteiger partial charge < -0.3 is 9.67 Å². The summed E-state index contributed by atoms with van der Waals surface area (Å²) in [4.78, 5) is 16.2. The van der Waals surface area contributed by atoms with Crippen LogP contribution in [0.4, 0.5) is 0 Å². The zero-order valence-corrected chi connectivity index (χ0v) is 11.9. The molecule has 0 amide bonds. The number of rotatable bonds is 4. The van der Waals surface area contributed by atoms with Crippen LogP contribution < -0.4 is 0 Å². The third kappa shape index (κ3) is 2.18. The standard InChI is InChI=1S/C15H16N4O2/c1-15(14(20)21,7-11-8-17-18(2)9-11)19-10-16-12-5-3-4-6-13(12)19/h3-6,8-10H,7H2,1-2H3,(H,20,21). The van der Waals surface area contributed by atoms with Crippen molar-refractivity contribution in [3.63, 3.8) is 0 Å². The smallest absolute Gasteiger partial charge is 0.329 e. The molecule has 3 aromatic rings. The Morgan fingerprint density at radius 2 is 2.14 bits per heavy atom. The van der Waals surface area contributed by atoms with Gasteiger partial charge in [0.1, 0.15) is 5.54 Å². The Balaban J connectivity index is 2.10. The first-order valence-corrected chi connectivity index (χ1v) is 6.64. The summed E-state index contributed by atoms with van der Waals surface area (Å²) in [6, 6.07) is 7.52. The summed E-state index contributed by atoms with van der Waals surface area (Å²) in [6.45, 7) is 1.70. The van der Waals surface area contributed by atoms with E-state index >= 15 is 0 Å². The van der Waals surface area contributed by atoms with E-state index in [0.29, 0.717) is 6.42 Å². The van der Waals surface area contributed by atoms with Crippen molar-refractivity contribution in [2.24, 2.45) is 7.05 Å². The third-order valence-corrected chi connectivity index (χ3v) is 3.75. The van der Waals surface area contributed by atoms with Crippen LogP contribution in [0.3, 0.4) is 0 Å². The summed E-state index contributed by atoms with van der Waals surface area (Å²) in [5.74, 6) is -0.894. The molecule has 0 saturated carbocycles. The molecule has 1 unspecified atom stereocenters. The number of fused-ring (bicyclic) bond motifs is 1. The average Bonchev–Trinajstić information content (AvgIpc) is 3.05. The molecule has 0 spiro atoms. The van der Waals surface area contributed by atoms with Crippen LogP contribution in [0.1, 0.15) is 12.5 Å². The number of aliphatic carboxylic acids is 1. The number of aromatic nitrogens is 4. The van der Waals surface area contributed by atoms with Crippen molar-refractivity contribution in [1.29, 1.82) is 0 Å². The fourth-order valence-corrected chi connectivity index (χ4v) is 2.58. The lowest BCUT2D eigenvalue weighted by Crippen LogP contribution is -2.40. The number of imidazole rings is 1. The van der Waals surface area contributed by atoms with E-state index in [0.717, 1.165) is 16.6 Å². The molecule has 0 fully saturated rings. The minimum atomic E-state index is -1.11. The first-order chi connectivity index (χ1) is 10.0. The highest BCUT2D eigenvalue weighted by Gasteiger charge is 2.36. The minimum absolute atomic E-state index is 0.344. The second kappa shape index (κ2) is 4.73. The lowest BCUT2D eigenvalue weighted by atomic mass is 9.94. The topological polar surface area (TPSA) is 72.9 Å². The van der Waals surface area contributed by atoms with E-state index in [2.05, 4.69) is 10.1 Å². The van der Waals surface area contributed by atoms with Crippen LogP contribution in [-0.4, -0.2) is 30.4 Å². The highest BCUT2D eigenvalue weighted by molar-refractivity contribution is 5.82. The van der Waals surface area contributed by atoms with Crippen LogP contribution in [0, 0.1) is 0 Å². The van der Waals surface area contributed by atoms with Crippen molar-refractivity contribution in [3.05, 3.63) is 48.5 Å². The Bertz CT molecular complexity index is 805. The Hall–Kier alpha value is -2.63. The number of hydrogen-bond donors (Lipinski definition) is 1. The predicted molar refractivity (Wildman–Crippen MR) is 77.9 cm³/mol. The van der Waals surface area contributed by atoms with Gasteiger partial charge in [0, 0.05) is 19.7 Å². The van der Waals surface area contributed by atoms with Gasteiger partial charge in [-0.25, -0.2) is 9.78 Å². The van der Waals surface area contributed by atoms with E-state index < -0.39 is 11.5 Å². The van der Waals surface area contributed by atoms with Crippen LogP contribution in [0.2, 0.25) is 0 Å². The van der Waals surface area contributed by atoms with Gasteiger partial charge in [0.05, 0.1) is 23.6 Å². The number of para-hydroxylation sites is 2. The van der Waals surface area contributed by atoms with Gasteiger partial charge in [-0.05, 0) is 24.6 Å². The molecule has 2 heterocycles. The van der Waals surface area contributed by atoms with Crippen molar-refractivity contribution in [2.75, 3.05) is 0 Å². The van der Waals surface area contributed by atoms with E-state index in [1.807, 2.05) is 37.5 Å². The second-order valence-corrected chi connectivity index (χ2v) is 5.38. The summed E-state index contributed by atoms with van der Waals surface area (Å²) in [7, 11) is 1.81. The molecule has 3 rings (SSSR count). The first kappa shape index (κ1) is 13.4. The molecule has 1 aromatic carbocycles. The lowest BCUT2D eigenvalue weighted by Gasteiger charge is -2.26. The molecule has 1 atom stereocenters. The van der Waals surface area contributed by atoms with Crippen LogP contribution in [0.5, 0.6) is 0 Å². The number of aryl methyl sites for hydroxylation is 1. The Morgan fingerprint density at radius 1 is 1.38 bits per heavy atom. The number of hydrogen-bond acceptors (Lipinski definition) is 3. The lowest BCUT2D eigenvalue weighted by molar-refractivity contribution is -0.146. The third-order valence-electron chi connectivity index (χ3n) is 3.75. The van der Waals surface area contributed by atoms with E-state index in [1.54, 1.807) is 28.7 Å². The summed E-state index contributed by atoms with van der Waals surface area (Å²) in [5, 5.41) is 13.9. The molecule has 0 saturated heterocycles. The fraction of sp³-hybridized carbons (Fsp3) is 0.267. The number of benzene rings is 1. The summed E-state index contributed by atoms with van der Waals surface area (Å²) in [6.07, 6.45) is 5.46. The van der Waals surface area contributed by atoms with Gasteiger partial charge in [-0.2, -0.15) is 5.10 Å². The van der Waals surface area contributed by atoms with E-state index in [9.17, 15) is 9.90 Å². The van der Waals surface area contributed by atoms with Gasteiger partial charge in [0.15, 0.2) is 0 Å². The largest absolute Gasteiger partial charge is 0.479 e. The number of carboxylic acid groups (broad SMARTS) is 1. The zero-order chi connectivity index (χ0) is 15.0. The Labute approximate surface area is 121 Å². The van der Waals surface area contributed by atoms with Crippen LogP contribution >= 0.6 is 0 Å². The van der Waals surface area contributed by atoms with Crippen molar-refractivity contribution in [1.82, 2.24) is 19.3 Å². The van der Waals surface area contributed by atoms with E-state index in [4.69, 9.17) is 0 Å². The summed E-state index contributed by atoms with van der Waals surface area (Å²) < 4.78 is 3.39. The molecule has 0 aliphatic heterocycles. The maximum Gasteiger partial charge on any atom is 0.329 e. The highest BCUT2D eigenvalue weighted by Crippen LogP contribution is 2.27. The summed E-state index contributed by atoms with van der Waals surface area (Å²) >= 11 is 0. The molecule has 0 radical (unpaired) electrons. The van der Waals surface area contributed by atoms with Gasteiger partial charge in [-0.1, -0.05) is 12.1 Å². The van der Waals surface area contributed by atoms with Gasteiger partial charge in [0.2, 0.25) is 0 Å². The molecule has 2 aromatic heterocycles. The normalized spacial score (nSPS) is 14.2. The van der Waals surface area contributed by atoms with Gasteiger partial charge in [-0.3, -0.25) is 4.68 Å². The molecule has 21 heavy (non-hydrogen) atoms. The maximum absolute atomic E-state index is 11.9. The van der Waals surface area contributed by atoms with Crippen LogP contribution in [0.25, 0.3) is 11.0 Å². The van der Waals surface area contributed by atoms with Gasteiger partial charge >= 0.3 is 5.97 Å². The Morgan fingerprint density at radius 3 is 2.81 bits per heavy atom. The predicted octanol–water partition coefficient (Wildman–Crippen LogP) is 1.81. The molecule has 6 heteroatoms. The Kier molecular flexibility index (Phi) is 3.01. The molecule has 1 N–H and O–H groups in total. The van der Waals surface area contributed by atoms with Crippen LogP contribution in [0.15, 0.2) is 43.0 Å². The quantitative estimate of drug-likeness (QED) is 0.793. The van der Waals surface area contributed by atoms with Crippen molar-refractivity contribution < 1.29 is 9.90 Å². The van der Waals surface area contributed by atoms with E-state index in [-0.39, 0.29) is 0 Å². The van der Waals surface area contributed by atoms with Gasteiger partial charge in [0.25, 0.3) is 0 Å². The monoisotopic (exact) mass is 284 g/mol. The van der Waals surface area contributed by atoms with Crippen LogP contribution in [-0.2, 0) is 23.8 Å². The maximum atomic E-state index is 11.9. The van der Waals surface area contributed by atoms with Crippen molar-refractivity contribution in [2.45, 2.75) is 18.9 Å². The number of carbonyl (C=O) groups is 1. The molecular formula is C15H16N4O2. The molecule has 0 aliphatic rings. The number of carboxylic acids is 1. The molecular weight excluding hydrogens is 268 g/mol. The molecule has 0 aliphatic carbocycles. The SMILES string of the molecule is Cn1cc(CC(C)(C(=O)O)n2cnc3ccccc32)cn1. The number of nitrogens with zero attached hydrogens (tertiary/aromatic N) is 4.